The SMILES string of the molecule is O=C(Nc1ccccc1)C1CCN(CC(=O)N(c2ccccc2)C2CCS(=O)(=O)C2)CC1. The number of nitrogens with one attached hydrogen (secondary N) is 1. The highest BCUT2D eigenvalue weighted by atomic mass is 32.2. The lowest BCUT2D eigenvalue weighted by Gasteiger charge is -2.34. The predicted octanol–water partition coefficient (Wildman–Crippen LogP) is 2.56. The summed E-state index contributed by atoms with van der Waals surface area (Å²) in [6.07, 6.45) is 1.84. The second-order valence-electron chi connectivity index (χ2n) is 8.56. The quantitative estimate of drug-likeness (QED) is 0.724. The van der Waals surface area contributed by atoms with E-state index in [-0.39, 0.29) is 41.8 Å². The Bertz CT molecular complexity index is 1040. The first-order chi connectivity index (χ1) is 15.4. The molecule has 2 aliphatic heterocycles. The highest BCUT2D eigenvalue weighted by Gasteiger charge is 2.36. The van der Waals surface area contributed by atoms with Crippen LogP contribution in [-0.4, -0.2) is 62.3 Å². The van der Waals surface area contributed by atoms with Gasteiger partial charge in [-0.05, 0) is 56.6 Å². The zero-order valence-corrected chi connectivity index (χ0v) is 18.8. The van der Waals surface area contributed by atoms with Crippen molar-refractivity contribution in [1.82, 2.24) is 4.90 Å². The molecular formula is C24H29N3O4S. The van der Waals surface area contributed by atoms with Crippen LogP contribution in [0, 0.1) is 5.92 Å². The number of anilines is 2. The fourth-order valence-electron chi connectivity index (χ4n) is 4.51. The maximum atomic E-state index is 13.3. The topological polar surface area (TPSA) is 86.8 Å². The number of hydrogen-bond acceptors (Lipinski definition) is 5. The van der Waals surface area contributed by atoms with Gasteiger partial charge in [0.15, 0.2) is 9.84 Å². The number of carbonyl (C=O) groups is 2. The molecule has 170 valence electrons. The minimum Gasteiger partial charge on any atom is -0.326 e. The molecule has 1 unspecified atom stereocenters. The lowest BCUT2D eigenvalue weighted by molar-refractivity contribution is -0.122. The number of sulfone groups is 1. The Balaban J connectivity index is 1.36. The van der Waals surface area contributed by atoms with E-state index in [1.165, 1.54) is 0 Å². The summed E-state index contributed by atoms with van der Waals surface area (Å²) in [5, 5.41) is 2.96. The standard InChI is InChI=1S/C24H29N3O4S/c28-23(27(21-9-5-2-6-10-21)22-13-16-32(30,31)18-22)17-26-14-11-19(12-15-26)24(29)25-20-7-3-1-4-8-20/h1-10,19,22H,11-18H2,(H,25,29). The summed E-state index contributed by atoms with van der Waals surface area (Å²) in [5.41, 5.74) is 1.52. The smallest absolute Gasteiger partial charge is 0.241 e. The van der Waals surface area contributed by atoms with Gasteiger partial charge < -0.3 is 10.2 Å². The molecule has 8 heteroatoms. The minimum atomic E-state index is -3.11. The van der Waals surface area contributed by atoms with Crippen molar-refractivity contribution in [3.05, 3.63) is 60.7 Å². The number of nitrogens with zero attached hydrogens (tertiary/aromatic N) is 2. The van der Waals surface area contributed by atoms with Crippen LogP contribution in [0.4, 0.5) is 11.4 Å². The summed E-state index contributed by atoms with van der Waals surface area (Å²) in [5.74, 6) is -0.0209. The zero-order chi connectivity index (χ0) is 22.6. The third kappa shape index (κ3) is 5.55. The molecular weight excluding hydrogens is 426 g/mol. The second-order valence-corrected chi connectivity index (χ2v) is 10.8. The van der Waals surface area contributed by atoms with E-state index >= 15 is 0 Å². The molecule has 2 fully saturated rings. The van der Waals surface area contributed by atoms with Crippen molar-refractivity contribution < 1.29 is 18.0 Å². The largest absolute Gasteiger partial charge is 0.326 e. The Morgan fingerprint density at radius 3 is 2.16 bits per heavy atom. The average Bonchev–Trinajstić information content (AvgIpc) is 3.15. The van der Waals surface area contributed by atoms with Gasteiger partial charge in [0.1, 0.15) is 0 Å². The summed E-state index contributed by atoms with van der Waals surface area (Å²) in [4.78, 5) is 29.6. The molecule has 0 aliphatic carbocycles. The number of likely N-dealkylation sites (tertiary alicyclic amines) is 1. The van der Waals surface area contributed by atoms with Crippen molar-refractivity contribution in [3.63, 3.8) is 0 Å². The monoisotopic (exact) mass is 455 g/mol. The molecule has 2 heterocycles. The van der Waals surface area contributed by atoms with Gasteiger partial charge in [-0.3, -0.25) is 14.5 Å². The van der Waals surface area contributed by atoms with E-state index in [1.807, 2.05) is 60.7 Å². The van der Waals surface area contributed by atoms with Crippen LogP contribution in [0.2, 0.25) is 0 Å². The average molecular weight is 456 g/mol. The first-order valence-electron chi connectivity index (χ1n) is 11.1. The first kappa shape index (κ1) is 22.5. The normalized spacial score (nSPS) is 21.2. The van der Waals surface area contributed by atoms with Crippen molar-refractivity contribution in [2.45, 2.75) is 25.3 Å². The van der Waals surface area contributed by atoms with Gasteiger partial charge in [-0.1, -0.05) is 36.4 Å². The Hall–Kier alpha value is -2.71. The number of piperidine rings is 1. The van der Waals surface area contributed by atoms with Gasteiger partial charge in [0.2, 0.25) is 11.8 Å². The fraction of sp³-hybridized carbons (Fsp3) is 0.417. The summed E-state index contributed by atoms with van der Waals surface area (Å²) >= 11 is 0. The molecule has 0 aromatic heterocycles. The number of hydrogen-bond donors (Lipinski definition) is 1. The van der Waals surface area contributed by atoms with Crippen molar-refractivity contribution in [3.8, 4) is 0 Å². The van der Waals surface area contributed by atoms with Gasteiger partial charge >= 0.3 is 0 Å². The van der Waals surface area contributed by atoms with Gasteiger partial charge in [0, 0.05) is 17.3 Å². The molecule has 4 rings (SSSR count). The maximum Gasteiger partial charge on any atom is 0.241 e. The van der Waals surface area contributed by atoms with E-state index < -0.39 is 9.84 Å². The van der Waals surface area contributed by atoms with Crippen LogP contribution in [0.15, 0.2) is 60.7 Å². The van der Waals surface area contributed by atoms with E-state index in [4.69, 9.17) is 0 Å². The van der Waals surface area contributed by atoms with E-state index in [2.05, 4.69) is 10.2 Å². The lowest BCUT2D eigenvalue weighted by atomic mass is 9.95. The number of rotatable bonds is 6. The van der Waals surface area contributed by atoms with E-state index in [1.54, 1.807) is 4.90 Å². The molecule has 32 heavy (non-hydrogen) atoms. The Labute approximate surface area is 189 Å². The van der Waals surface area contributed by atoms with Crippen LogP contribution in [0.3, 0.4) is 0 Å². The van der Waals surface area contributed by atoms with Gasteiger partial charge in [-0.25, -0.2) is 8.42 Å². The van der Waals surface area contributed by atoms with Crippen molar-refractivity contribution in [2.24, 2.45) is 5.92 Å². The van der Waals surface area contributed by atoms with Crippen molar-refractivity contribution in [2.75, 3.05) is 41.4 Å². The number of benzene rings is 2. The van der Waals surface area contributed by atoms with Crippen LogP contribution < -0.4 is 10.2 Å². The molecule has 7 nitrogen and oxygen atoms in total. The van der Waals surface area contributed by atoms with Crippen LogP contribution in [-0.2, 0) is 19.4 Å². The Kier molecular flexibility index (Phi) is 6.91. The highest BCUT2D eigenvalue weighted by Crippen LogP contribution is 2.26. The molecule has 2 aromatic carbocycles. The van der Waals surface area contributed by atoms with Gasteiger partial charge in [-0.15, -0.1) is 0 Å². The number of carbonyl (C=O) groups excluding carboxylic acids is 2. The number of amides is 2. The predicted molar refractivity (Wildman–Crippen MR) is 125 cm³/mol. The molecule has 1 atom stereocenters. The zero-order valence-electron chi connectivity index (χ0n) is 18.0. The summed E-state index contributed by atoms with van der Waals surface area (Å²) in [6.45, 7) is 1.53. The van der Waals surface area contributed by atoms with Crippen molar-refractivity contribution in [1.29, 1.82) is 0 Å². The second kappa shape index (κ2) is 9.83. The van der Waals surface area contributed by atoms with Crippen LogP contribution >= 0.6 is 0 Å². The Morgan fingerprint density at radius 1 is 0.938 bits per heavy atom. The van der Waals surface area contributed by atoms with E-state index in [9.17, 15) is 18.0 Å². The van der Waals surface area contributed by atoms with E-state index in [0.29, 0.717) is 32.4 Å². The molecule has 2 aliphatic rings. The molecule has 1 N–H and O–H groups in total. The van der Waals surface area contributed by atoms with E-state index in [0.717, 1.165) is 11.4 Å². The summed E-state index contributed by atoms with van der Waals surface area (Å²) in [6, 6.07) is 18.4. The molecule has 2 amide bonds. The fourth-order valence-corrected chi connectivity index (χ4v) is 6.21. The number of para-hydroxylation sites is 2. The minimum absolute atomic E-state index is 0.00929. The maximum absolute atomic E-state index is 13.3. The van der Waals surface area contributed by atoms with Gasteiger partial charge in [0.25, 0.3) is 0 Å². The van der Waals surface area contributed by atoms with Gasteiger partial charge in [0.05, 0.1) is 24.1 Å². The third-order valence-electron chi connectivity index (χ3n) is 6.24. The molecule has 0 radical (unpaired) electrons. The highest BCUT2D eigenvalue weighted by molar-refractivity contribution is 7.91. The summed E-state index contributed by atoms with van der Waals surface area (Å²) < 4.78 is 24.1. The molecule has 2 aromatic rings. The third-order valence-corrected chi connectivity index (χ3v) is 7.99. The molecule has 2 saturated heterocycles. The van der Waals surface area contributed by atoms with Gasteiger partial charge in [-0.2, -0.15) is 0 Å². The molecule has 0 saturated carbocycles. The Morgan fingerprint density at radius 2 is 1.56 bits per heavy atom. The van der Waals surface area contributed by atoms with Crippen LogP contribution in [0.1, 0.15) is 19.3 Å². The molecule has 0 bridgehead atoms. The van der Waals surface area contributed by atoms with Crippen molar-refractivity contribution >= 4 is 33.0 Å². The lowest BCUT2D eigenvalue weighted by Crippen LogP contribution is -2.48. The van der Waals surface area contributed by atoms with Crippen LogP contribution in [0.25, 0.3) is 0 Å². The summed E-state index contributed by atoms with van der Waals surface area (Å²) in [7, 11) is -3.11. The molecule has 0 spiro atoms. The van der Waals surface area contributed by atoms with Crippen LogP contribution in [0.5, 0.6) is 0 Å². The first-order valence-corrected chi connectivity index (χ1v) is 12.9.